The molecular weight excluding hydrogens is 266 g/mol. The summed E-state index contributed by atoms with van der Waals surface area (Å²) in [6, 6.07) is 9.85. The lowest BCUT2D eigenvalue weighted by molar-refractivity contribution is 0.174. The number of aryl methyl sites for hydroxylation is 2. The highest BCUT2D eigenvalue weighted by atomic mass is 16.7. The van der Waals surface area contributed by atoms with Gasteiger partial charge in [0.15, 0.2) is 11.5 Å². The van der Waals surface area contributed by atoms with E-state index in [0.717, 1.165) is 33.9 Å². The Morgan fingerprint density at radius 2 is 1.81 bits per heavy atom. The van der Waals surface area contributed by atoms with E-state index in [4.69, 9.17) is 9.47 Å². The minimum atomic E-state index is 0.127. The molecular formula is C17H19NO3. The van der Waals surface area contributed by atoms with Crippen molar-refractivity contribution in [2.24, 2.45) is 0 Å². The molecule has 0 aromatic heterocycles. The lowest BCUT2D eigenvalue weighted by Gasteiger charge is -2.18. The first-order chi connectivity index (χ1) is 10.0. The van der Waals surface area contributed by atoms with Gasteiger partial charge in [0.25, 0.3) is 0 Å². The quantitative estimate of drug-likeness (QED) is 0.839. The minimum absolute atomic E-state index is 0.127. The van der Waals surface area contributed by atoms with Crippen LogP contribution in [0.1, 0.15) is 29.7 Å². The lowest BCUT2D eigenvalue weighted by Crippen LogP contribution is -2.08. The normalized spacial score (nSPS) is 14.0. The first-order valence-electron chi connectivity index (χ1n) is 7.01. The van der Waals surface area contributed by atoms with Crippen LogP contribution in [0.15, 0.2) is 30.3 Å². The van der Waals surface area contributed by atoms with E-state index in [2.05, 4.69) is 12.2 Å². The summed E-state index contributed by atoms with van der Waals surface area (Å²) in [5, 5.41) is 13.2. The third-order valence-electron chi connectivity index (χ3n) is 3.81. The number of nitrogens with one attached hydrogen (secondary N) is 1. The van der Waals surface area contributed by atoms with Crippen molar-refractivity contribution in [3.05, 3.63) is 47.0 Å². The van der Waals surface area contributed by atoms with E-state index in [1.807, 2.05) is 38.1 Å². The number of fused-ring (bicyclic) bond motifs is 1. The second kappa shape index (κ2) is 5.20. The third kappa shape index (κ3) is 2.61. The predicted molar refractivity (Wildman–Crippen MR) is 82.2 cm³/mol. The molecule has 4 nitrogen and oxygen atoms in total. The molecule has 0 saturated carbocycles. The molecule has 110 valence electrons. The summed E-state index contributed by atoms with van der Waals surface area (Å²) in [4.78, 5) is 0. The molecule has 1 aliphatic rings. The number of ether oxygens (including phenoxy) is 2. The van der Waals surface area contributed by atoms with E-state index in [1.54, 1.807) is 6.07 Å². The fourth-order valence-corrected chi connectivity index (χ4v) is 2.46. The first kappa shape index (κ1) is 13.6. The van der Waals surface area contributed by atoms with Crippen molar-refractivity contribution in [3.8, 4) is 17.2 Å². The highest BCUT2D eigenvalue weighted by Gasteiger charge is 2.16. The topological polar surface area (TPSA) is 50.7 Å². The van der Waals surface area contributed by atoms with Crippen LogP contribution in [-0.2, 0) is 0 Å². The zero-order chi connectivity index (χ0) is 15.0. The molecule has 1 heterocycles. The summed E-state index contributed by atoms with van der Waals surface area (Å²) in [6.45, 7) is 6.26. The largest absolute Gasteiger partial charge is 0.508 e. The Kier molecular flexibility index (Phi) is 3.37. The Morgan fingerprint density at radius 3 is 2.62 bits per heavy atom. The average molecular weight is 285 g/mol. The maximum atomic E-state index is 9.72. The number of benzene rings is 2. The molecule has 0 fully saturated rings. The Labute approximate surface area is 124 Å². The van der Waals surface area contributed by atoms with Gasteiger partial charge in [0.05, 0.1) is 0 Å². The molecule has 0 aliphatic carbocycles. The molecule has 0 radical (unpaired) electrons. The molecule has 1 unspecified atom stereocenters. The van der Waals surface area contributed by atoms with Gasteiger partial charge in [0.1, 0.15) is 5.75 Å². The maximum absolute atomic E-state index is 9.72. The predicted octanol–water partition coefficient (Wildman–Crippen LogP) is 3.91. The first-order valence-corrected chi connectivity index (χ1v) is 7.01. The number of aromatic hydroxyl groups is 1. The van der Waals surface area contributed by atoms with Crippen molar-refractivity contribution in [1.82, 2.24) is 0 Å². The van der Waals surface area contributed by atoms with Gasteiger partial charge in [0.2, 0.25) is 6.79 Å². The molecule has 0 bridgehead atoms. The lowest BCUT2D eigenvalue weighted by atomic mass is 10.1. The molecule has 2 aromatic rings. The van der Waals surface area contributed by atoms with Gasteiger partial charge in [-0.25, -0.2) is 0 Å². The van der Waals surface area contributed by atoms with Crippen molar-refractivity contribution < 1.29 is 14.6 Å². The van der Waals surface area contributed by atoms with Gasteiger partial charge in [0, 0.05) is 11.7 Å². The standard InChI is InChI=1S/C17H19NO3/c1-10-7-15(19)11(2)6-14(10)18-12(3)13-4-5-16-17(8-13)21-9-20-16/h4-8,12,18-19H,9H2,1-3H3. The number of phenols is 1. The molecule has 3 rings (SSSR count). The van der Waals surface area contributed by atoms with E-state index in [1.165, 1.54) is 0 Å². The van der Waals surface area contributed by atoms with Crippen molar-refractivity contribution in [2.75, 3.05) is 12.1 Å². The molecule has 2 aromatic carbocycles. The van der Waals surface area contributed by atoms with Crippen molar-refractivity contribution in [2.45, 2.75) is 26.8 Å². The molecule has 4 heteroatoms. The van der Waals surface area contributed by atoms with Crippen LogP contribution in [0, 0.1) is 13.8 Å². The van der Waals surface area contributed by atoms with Crippen molar-refractivity contribution >= 4 is 5.69 Å². The van der Waals surface area contributed by atoms with Crippen LogP contribution in [0.3, 0.4) is 0 Å². The van der Waals surface area contributed by atoms with Crippen molar-refractivity contribution in [1.29, 1.82) is 0 Å². The zero-order valence-electron chi connectivity index (χ0n) is 12.4. The Hall–Kier alpha value is -2.36. The molecule has 0 spiro atoms. The number of rotatable bonds is 3. The summed E-state index contributed by atoms with van der Waals surface area (Å²) in [5.74, 6) is 1.91. The number of phenolic OH excluding ortho intramolecular Hbond substituents is 1. The number of hydrogen-bond acceptors (Lipinski definition) is 4. The van der Waals surface area contributed by atoms with Crippen LogP contribution >= 0.6 is 0 Å². The second-order valence-electron chi connectivity index (χ2n) is 5.43. The summed E-state index contributed by atoms with van der Waals surface area (Å²) >= 11 is 0. The van der Waals surface area contributed by atoms with E-state index >= 15 is 0 Å². The summed E-state index contributed by atoms with van der Waals surface area (Å²) in [7, 11) is 0. The van der Waals surface area contributed by atoms with Gasteiger partial charge in [-0.05, 0) is 61.7 Å². The van der Waals surface area contributed by atoms with Gasteiger partial charge < -0.3 is 19.9 Å². The van der Waals surface area contributed by atoms with Gasteiger partial charge in [-0.15, -0.1) is 0 Å². The van der Waals surface area contributed by atoms with Gasteiger partial charge >= 0.3 is 0 Å². The SMILES string of the molecule is Cc1cc(NC(C)c2ccc3c(c2)OCO3)c(C)cc1O. The van der Waals surface area contributed by atoms with E-state index in [9.17, 15) is 5.11 Å². The summed E-state index contributed by atoms with van der Waals surface area (Å²) in [6.07, 6.45) is 0. The van der Waals surface area contributed by atoms with Gasteiger partial charge in [-0.3, -0.25) is 0 Å². The molecule has 0 saturated heterocycles. The maximum Gasteiger partial charge on any atom is 0.231 e. The van der Waals surface area contributed by atoms with E-state index in [-0.39, 0.29) is 12.8 Å². The van der Waals surface area contributed by atoms with Gasteiger partial charge in [-0.1, -0.05) is 6.07 Å². The molecule has 1 aliphatic heterocycles. The van der Waals surface area contributed by atoms with Crippen LogP contribution in [0.5, 0.6) is 17.2 Å². The Morgan fingerprint density at radius 1 is 1.05 bits per heavy atom. The monoisotopic (exact) mass is 285 g/mol. The fraction of sp³-hybridized carbons (Fsp3) is 0.294. The van der Waals surface area contributed by atoms with Crippen LogP contribution in [0.2, 0.25) is 0 Å². The Bertz CT molecular complexity index is 682. The average Bonchev–Trinajstić information content (AvgIpc) is 2.92. The smallest absolute Gasteiger partial charge is 0.231 e. The van der Waals surface area contributed by atoms with Crippen molar-refractivity contribution in [3.63, 3.8) is 0 Å². The van der Waals surface area contributed by atoms with Crippen LogP contribution in [0.25, 0.3) is 0 Å². The molecule has 2 N–H and O–H groups in total. The van der Waals surface area contributed by atoms with E-state index < -0.39 is 0 Å². The van der Waals surface area contributed by atoms with Crippen LogP contribution < -0.4 is 14.8 Å². The highest BCUT2D eigenvalue weighted by molar-refractivity contribution is 5.58. The van der Waals surface area contributed by atoms with Crippen LogP contribution in [-0.4, -0.2) is 11.9 Å². The zero-order valence-corrected chi connectivity index (χ0v) is 12.4. The summed E-state index contributed by atoms with van der Waals surface area (Å²) in [5.41, 5.74) is 4.03. The highest BCUT2D eigenvalue weighted by Crippen LogP contribution is 2.35. The molecule has 21 heavy (non-hydrogen) atoms. The number of hydrogen-bond donors (Lipinski definition) is 2. The second-order valence-corrected chi connectivity index (χ2v) is 5.43. The molecule has 0 amide bonds. The summed E-state index contributed by atoms with van der Waals surface area (Å²) < 4.78 is 10.7. The number of anilines is 1. The van der Waals surface area contributed by atoms with Gasteiger partial charge in [-0.2, -0.15) is 0 Å². The third-order valence-corrected chi connectivity index (χ3v) is 3.81. The van der Waals surface area contributed by atoms with Crippen LogP contribution in [0.4, 0.5) is 5.69 Å². The minimum Gasteiger partial charge on any atom is -0.508 e. The van der Waals surface area contributed by atoms with E-state index in [0.29, 0.717) is 5.75 Å². The fourth-order valence-electron chi connectivity index (χ4n) is 2.46. The molecule has 1 atom stereocenters. The Balaban J connectivity index is 1.83.